The lowest BCUT2D eigenvalue weighted by atomic mass is 10.1. The van der Waals surface area contributed by atoms with Gasteiger partial charge < -0.3 is 10.6 Å². The molecule has 0 saturated carbocycles. The maximum Gasteiger partial charge on any atom is 0.255 e. The van der Waals surface area contributed by atoms with E-state index < -0.39 is 0 Å². The molecule has 1 aromatic rings. The third-order valence-electron chi connectivity index (χ3n) is 3.63. The van der Waals surface area contributed by atoms with Crippen molar-refractivity contribution in [2.45, 2.75) is 52.4 Å². The fourth-order valence-corrected chi connectivity index (χ4v) is 2.49. The topological polar surface area (TPSA) is 46.3 Å². The van der Waals surface area contributed by atoms with E-state index in [1.165, 1.54) is 0 Å². The summed E-state index contributed by atoms with van der Waals surface area (Å²) >= 11 is 6.02. The molecule has 0 saturated heterocycles. The highest BCUT2D eigenvalue weighted by atomic mass is 35.5. The van der Waals surface area contributed by atoms with Crippen molar-refractivity contribution in [3.63, 3.8) is 0 Å². The molecule has 3 nitrogen and oxygen atoms in total. The van der Waals surface area contributed by atoms with E-state index in [2.05, 4.69) is 13.8 Å². The van der Waals surface area contributed by atoms with Gasteiger partial charge in [0.2, 0.25) is 0 Å². The van der Waals surface area contributed by atoms with E-state index in [0.29, 0.717) is 16.3 Å². The Balaban J connectivity index is 2.79. The lowest BCUT2D eigenvalue weighted by molar-refractivity contribution is 0.0750. The number of halogens is 1. The lowest BCUT2D eigenvalue weighted by Gasteiger charge is -2.23. The van der Waals surface area contributed by atoms with Crippen molar-refractivity contribution in [1.29, 1.82) is 0 Å². The van der Waals surface area contributed by atoms with E-state index >= 15 is 0 Å². The van der Waals surface area contributed by atoms with Crippen molar-refractivity contribution in [1.82, 2.24) is 4.90 Å². The van der Waals surface area contributed by atoms with Gasteiger partial charge in [0.05, 0.1) is 16.3 Å². The van der Waals surface area contributed by atoms with Gasteiger partial charge in [0.25, 0.3) is 5.91 Å². The predicted octanol–water partition coefficient (Wildman–Crippen LogP) is 4.74. The van der Waals surface area contributed by atoms with Crippen LogP contribution in [0.25, 0.3) is 0 Å². The van der Waals surface area contributed by atoms with Crippen molar-refractivity contribution in [3.8, 4) is 0 Å². The molecule has 1 aromatic carbocycles. The van der Waals surface area contributed by atoms with Crippen LogP contribution in [0.15, 0.2) is 18.2 Å². The third-order valence-corrected chi connectivity index (χ3v) is 3.96. The van der Waals surface area contributed by atoms with Crippen molar-refractivity contribution >= 4 is 23.2 Å². The van der Waals surface area contributed by atoms with Crippen molar-refractivity contribution in [2.75, 3.05) is 18.8 Å². The Kier molecular flexibility index (Phi) is 8.21. The number of nitrogens with zero attached hydrogens (tertiary/aromatic N) is 1. The Morgan fingerprint density at radius 1 is 1.10 bits per heavy atom. The molecular weight excluding hydrogens is 284 g/mol. The molecule has 118 valence electrons. The summed E-state index contributed by atoms with van der Waals surface area (Å²) in [5.41, 5.74) is 6.86. The molecule has 0 spiro atoms. The first-order valence-corrected chi connectivity index (χ1v) is 8.32. The van der Waals surface area contributed by atoms with Crippen LogP contribution < -0.4 is 5.73 Å². The fraction of sp³-hybridized carbons (Fsp3) is 0.588. The van der Waals surface area contributed by atoms with Crippen LogP contribution in [0.5, 0.6) is 0 Å². The minimum Gasteiger partial charge on any atom is -0.397 e. The summed E-state index contributed by atoms with van der Waals surface area (Å²) in [7, 11) is 0. The molecule has 0 fully saturated rings. The Bertz CT molecular complexity index is 438. The van der Waals surface area contributed by atoms with Crippen LogP contribution in [0.4, 0.5) is 5.69 Å². The molecule has 0 bridgehead atoms. The zero-order valence-electron chi connectivity index (χ0n) is 13.2. The average molecular weight is 311 g/mol. The number of hydrogen-bond donors (Lipinski definition) is 1. The van der Waals surface area contributed by atoms with Crippen LogP contribution in [0, 0.1) is 0 Å². The summed E-state index contributed by atoms with van der Waals surface area (Å²) in [5.74, 6) is 0.00204. The highest BCUT2D eigenvalue weighted by Crippen LogP contribution is 2.24. The van der Waals surface area contributed by atoms with E-state index in [4.69, 9.17) is 17.3 Å². The Hall–Kier alpha value is -1.22. The van der Waals surface area contributed by atoms with Gasteiger partial charge in [0, 0.05) is 13.1 Å². The van der Waals surface area contributed by atoms with Crippen molar-refractivity contribution in [3.05, 3.63) is 28.8 Å². The number of rotatable bonds is 9. The van der Waals surface area contributed by atoms with Gasteiger partial charge >= 0.3 is 0 Å². The van der Waals surface area contributed by atoms with Crippen LogP contribution in [-0.2, 0) is 0 Å². The maximum atomic E-state index is 12.7. The number of unbranched alkanes of at least 4 members (excludes halogenated alkanes) is 4. The first kappa shape index (κ1) is 17.8. The van der Waals surface area contributed by atoms with Crippen molar-refractivity contribution in [2.24, 2.45) is 0 Å². The monoisotopic (exact) mass is 310 g/mol. The van der Waals surface area contributed by atoms with Gasteiger partial charge in [-0.2, -0.15) is 0 Å². The van der Waals surface area contributed by atoms with Crippen LogP contribution in [0.1, 0.15) is 62.7 Å². The van der Waals surface area contributed by atoms with Gasteiger partial charge in [-0.15, -0.1) is 0 Å². The zero-order chi connectivity index (χ0) is 15.7. The highest BCUT2D eigenvalue weighted by Gasteiger charge is 2.18. The van der Waals surface area contributed by atoms with Crippen LogP contribution in [-0.4, -0.2) is 23.9 Å². The van der Waals surface area contributed by atoms with E-state index in [-0.39, 0.29) is 5.91 Å². The largest absolute Gasteiger partial charge is 0.397 e. The molecule has 0 aliphatic carbocycles. The SMILES string of the molecule is CCCCCN(CCCCC)C(=O)c1cccc(Cl)c1N. The third kappa shape index (κ3) is 5.58. The Morgan fingerprint density at radius 3 is 2.19 bits per heavy atom. The van der Waals surface area contributed by atoms with Crippen LogP contribution in [0.3, 0.4) is 0 Å². The van der Waals surface area contributed by atoms with E-state index in [0.717, 1.165) is 51.6 Å². The molecule has 21 heavy (non-hydrogen) atoms. The average Bonchev–Trinajstić information content (AvgIpc) is 2.48. The minimum atomic E-state index is 0.00204. The molecule has 0 aromatic heterocycles. The van der Waals surface area contributed by atoms with Gasteiger partial charge in [0.1, 0.15) is 0 Å². The first-order valence-electron chi connectivity index (χ1n) is 7.95. The molecule has 0 atom stereocenters. The van der Waals surface area contributed by atoms with E-state index in [1.54, 1.807) is 18.2 Å². The number of hydrogen-bond acceptors (Lipinski definition) is 2. The first-order chi connectivity index (χ1) is 10.1. The Morgan fingerprint density at radius 2 is 1.67 bits per heavy atom. The molecular formula is C17H27ClN2O. The molecule has 0 radical (unpaired) electrons. The maximum absolute atomic E-state index is 12.7. The number of carbonyl (C=O) groups is 1. The molecule has 1 amide bonds. The summed E-state index contributed by atoms with van der Waals surface area (Å²) in [6.07, 6.45) is 6.65. The van der Waals surface area contributed by atoms with E-state index in [1.807, 2.05) is 4.90 Å². The molecule has 2 N–H and O–H groups in total. The number of nitrogen functional groups attached to an aromatic ring is 1. The van der Waals surface area contributed by atoms with Gasteiger partial charge in [-0.3, -0.25) is 4.79 Å². The minimum absolute atomic E-state index is 0.00204. The summed E-state index contributed by atoms with van der Waals surface area (Å²) < 4.78 is 0. The second-order valence-electron chi connectivity index (χ2n) is 5.41. The summed E-state index contributed by atoms with van der Waals surface area (Å²) in [6, 6.07) is 5.25. The second-order valence-corrected chi connectivity index (χ2v) is 5.81. The smallest absolute Gasteiger partial charge is 0.255 e. The normalized spacial score (nSPS) is 10.6. The molecule has 0 aliphatic heterocycles. The number of carbonyl (C=O) groups excluding carboxylic acids is 1. The van der Waals surface area contributed by atoms with E-state index in [9.17, 15) is 4.79 Å². The second kappa shape index (κ2) is 9.67. The number of para-hydroxylation sites is 1. The zero-order valence-corrected chi connectivity index (χ0v) is 14.0. The van der Waals surface area contributed by atoms with Gasteiger partial charge in [-0.25, -0.2) is 0 Å². The van der Waals surface area contributed by atoms with Crippen LogP contribution >= 0.6 is 11.6 Å². The summed E-state index contributed by atoms with van der Waals surface area (Å²) in [5, 5.41) is 0.447. The fourth-order valence-electron chi connectivity index (χ4n) is 2.31. The standard InChI is InChI=1S/C17H27ClN2O/c1-3-5-7-12-20(13-8-6-4-2)17(21)14-10-9-11-15(18)16(14)19/h9-11H,3-8,12-13,19H2,1-2H3. The summed E-state index contributed by atoms with van der Waals surface area (Å²) in [6.45, 7) is 5.92. The van der Waals surface area contributed by atoms with Crippen molar-refractivity contribution < 1.29 is 4.79 Å². The van der Waals surface area contributed by atoms with Gasteiger partial charge in [-0.1, -0.05) is 57.2 Å². The summed E-state index contributed by atoms with van der Waals surface area (Å²) in [4.78, 5) is 14.6. The lowest BCUT2D eigenvalue weighted by Crippen LogP contribution is -2.33. The number of nitrogens with two attached hydrogens (primary N) is 1. The quantitative estimate of drug-likeness (QED) is 0.528. The predicted molar refractivity (Wildman–Crippen MR) is 90.8 cm³/mol. The van der Waals surface area contributed by atoms with Gasteiger partial charge in [0.15, 0.2) is 0 Å². The highest BCUT2D eigenvalue weighted by molar-refractivity contribution is 6.33. The molecule has 0 aliphatic rings. The van der Waals surface area contributed by atoms with Crippen LogP contribution in [0.2, 0.25) is 5.02 Å². The number of amides is 1. The molecule has 0 heterocycles. The molecule has 4 heteroatoms. The molecule has 0 unspecified atom stereocenters. The number of anilines is 1. The van der Waals surface area contributed by atoms with Gasteiger partial charge in [-0.05, 0) is 25.0 Å². The number of benzene rings is 1. The molecule has 1 rings (SSSR count). The Labute approximate surface area is 133 Å².